The third-order valence-corrected chi connectivity index (χ3v) is 7.24. The van der Waals surface area contributed by atoms with Gasteiger partial charge in [-0.05, 0) is 54.7 Å². The summed E-state index contributed by atoms with van der Waals surface area (Å²) in [6.45, 7) is 4.02. The summed E-state index contributed by atoms with van der Waals surface area (Å²) >= 11 is 1.27. The normalized spacial score (nSPS) is 23.1. The second-order valence-electron chi connectivity index (χ2n) is 9.22. The molecule has 2 aliphatic rings. The van der Waals surface area contributed by atoms with Gasteiger partial charge < -0.3 is 11.1 Å². The van der Waals surface area contributed by atoms with E-state index < -0.39 is 23.2 Å². The molecule has 1 amide bonds. The fraction of sp³-hybridized carbons (Fsp3) is 0.360. The molecule has 0 aliphatic carbocycles. The molecule has 1 saturated heterocycles. The Morgan fingerprint density at radius 3 is 2.75 bits per heavy atom. The molecule has 0 radical (unpaired) electrons. The van der Waals surface area contributed by atoms with Gasteiger partial charge in [0, 0.05) is 43.4 Å². The van der Waals surface area contributed by atoms with Gasteiger partial charge in [0.25, 0.3) is 11.8 Å². The highest BCUT2D eigenvalue weighted by atomic mass is 32.2. The van der Waals surface area contributed by atoms with E-state index >= 15 is 4.39 Å². The molecule has 188 valence electrons. The Balaban J connectivity index is 1.57. The van der Waals surface area contributed by atoms with E-state index in [0.717, 1.165) is 10.5 Å². The molecule has 1 aromatic heterocycles. The lowest BCUT2D eigenvalue weighted by Gasteiger charge is -2.33. The monoisotopic (exact) mass is 514 g/mol. The fourth-order valence-electron chi connectivity index (χ4n) is 4.34. The Labute approximate surface area is 211 Å². The number of alkyl halides is 2. The highest BCUT2D eigenvalue weighted by Crippen LogP contribution is 2.44. The maximum atomic E-state index is 15.0. The lowest BCUT2D eigenvalue weighted by molar-refractivity contribution is 0.0131. The molecule has 0 bridgehead atoms. The number of nitrogens with two attached hydrogens (primary N) is 1. The lowest BCUT2D eigenvalue weighted by Crippen LogP contribution is -2.31. The zero-order valence-corrected chi connectivity index (χ0v) is 20.6. The molecule has 36 heavy (non-hydrogen) atoms. The van der Waals surface area contributed by atoms with Crippen LogP contribution in [0.2, 0.25) is 0 Å². The van der Waals surface area contributed by atoms with Crippen molar-refractivity contribution < 1.29 is 18.0 Å². The van der Waals surface area contributed by atoms with Crippen molar-refractivity contribution in [1.29, 1.82) is 5.26 Å². The molecule has 0 spiro atoms. The summed E-state index contributed by atoms with van der Waals surface area (Å²) in [6.07, 6.45) is 1.47. The van der Waals surface area contributed by atoms with Crippen molar-refractivity contribution in [2.75, 3.05) is 25.0 Å². The molecule has 7 nitrogen and oxygen atoms in total. The summed E-state index contributed by atoms with van der Waals surface area (Å²) in [5, 5.41) is 11.8. The number of hydrogen-bond acceptors (Lipinski definition) is 7. The molecule has 1 aromatic carbocycles. The average Bonchev–Trinajstić information content (AvgIpc) is 3.17. The molecule has 4 rings (SSSR count). The number of anilines is 1. The molecule has 2 aliphatic heterocycles. The number of pyridine rings is 1. The van der Waals surface area contributed by atoms with Gasteiger partial charge in [-0.15, -0.1) is 0 Å². The molecule has 1 atom stereocenters. The van der Waals surface area contributed by atoms with Gasteiger partial charge >= 0.3 is 0 Å². The van der Waals surface area contributed by atoms with Gasteiger partial charge in [-0.1, -0.05) is 11.8 Å². The standard InChI is InChI=1S/C25H25F3N6OS/c1-15(13-34-8-7-25(27,28)14-34)21-10-24(2,33-23(30)36-21)18-9-17(4-5-19(18)26)32-22(35)20-6-3-16(11-29)12-31-20/h3-6,9,12H,7-8,10,13-14H2,1-2H3,(H2,30,33)(H,32,35)/b21-15-/t24-/m0/s1. The van der Waals surface area contributed by atoms with Crippen molar-refractivity contribution in [2.24, 2.45) is 10.7 Å². The maximum absolute atomic E-state index is 15.0. The zero-order valence-electron chi connectivity index (χ0n) is 19.8. The van der Waals surface area contributed by atoms with Crippen LogP contribution in [0, 0.1) is 17.1 Å². The van der Waals surface area contributed by atoms with Crippen LogP contribution in [-0.2, 0) is 5.54 Å². The van der Waals surface area contributed by atoms with Gasteiger partial charge in [-0.25, -0.2) is 18.2 Å². The predicted octanol–water partition coefficient (Wildman–Crippen LogP) is 4.63. The summed E-state index contributed by atoms with van der Waals surface area (Å²) in [5.41, 5.74) is 6.97. The van der Waals surface area contributed by atoms with Crippen LogP contribution in [0.15, 0.2) is 52.0 Å². The fourth-order valence-corrected chi connectivity index (χ4v) is 5.44. The average molecular weight is 515 g/mol. The third kappa shape index (κ3) is 5.71. The molecule has 11 heteroatoms. The number of aliphatic imine (C=N–C) groups is 1. The number of thioether (sulfide) groups is 1. The molecule has 1 fully saturated rings. The van der Waals surface area contributed by atoms with Gasteiger partial charge in [0.1, 0.15) is 17.6 Å². The second kappa shape index (κ2) is 9.95. The van der Waals surface area contributed by atoms with Gasteiger partial charge in [0.2, 0.25) is 0 Å². The number of likely N-dealkylation sites (tertiary alicyclic amines) is 1. The Morgan fingerprint density at radius 1 is 1.33 bits per heavy atom. The second-order valence-corrected chi connectivity index (χ2v) is 10.3. The van der Waals surface area contributed by atoms with Crippen molar-refractivity contribution in [3.8, 4) is 6.07 Å². The number of carbonyl (C=O) groups is 1. The number of rotatable bonds is 5. The minimum Gasteiger partial charge on any atom is -0.378 e. The summed E-state index contributed by atoms with van der Waals surface area (Å²) in [7, 11) is 0. The van der Waals surface area contributed by atoms with Crippen molar-refractivity contribution >= 4 is 28.5 Å². The summed E-state index contributed by atoms with van der Waals surface area (Å²) < 4.78 is 42.3. The highest BCUT2D eigenvalue weighted by Gasteiger charge is 2.39. The highest BCUT2D eigenvalue weighted by molar-refractivity contribution is 8.17. The number of aromatic nitrogens is 1. The van der Waals surface area contributed by atoms with Gasteiger partial charge in [0.15, 0.2) is 5.17 Å². The Bertz CT molecular complexity index is 1290. The smallest absolute Gasteiger partial charge is 0.274 e. The SMILES string of the molecule is C/C(CN1CCC(F)(F)C1)=C1\C[C@@](C)(c2cc(NC(=O)c3ccc(C#N)cn3)ccc2F)N=C(N)S1. The number of amidine groups is 1. The van der Waals surface area contributed by atoms with E-state index in [0.29, 0.717) is 30.8 Å². The first-order chi connectivity index (χ1) is 17.0. The lowest BCUT2D eigenvalue weighted by atomic mass is 9.87. The summed E-state index contributed by atoms with van der Waals surface area (Å²) in [6, 6.07) is 9.04. The molecule has 0 unspecified atom stereocenters. The van der Waals surface area contributed by atoms with Gasteiger partial charge in [-0.2, -0.15) is 5.26 Å². The van der Waals surface area contributed by atoms with E-state index in [1.807, 2.05) is 13.0 Å². The number of amides is 1. The van der Waals surface area contributed by atoms with E-state index in [1.54, 1.807) is 11.8 Å². The van der Waals surface area contributed by atoms with Crippen LogP contribution in [0.3, 0.4) is 0 Å². The summed E-state index contributed by atoms with van der Waals surface area (Å²) in [4.78, 5) is 23.7. The minimum atomic E-state index is -2.68. The van der Waals surface area contributed by atoms with Crippen molar-refractivity contribution in [2.45, 2.75) is 38.2 Å². The summed E-state index contributed by atoms with van der Waals surface area (Å²) in [5.74, 6) is -3.70. The number of benzene rings is 1. The third-order valence-electron chi connectivity index (χ3n) is 6.20. The van der Waals surface area contributed by atoms with Crippen LogP contribution >= 0.6 is 11.8 Å². The van der Waals surface area contributed by atoms with E-state index in [2.05, 4.69) is 15.3 Å². The van der Waals surface area contributed by atoms with Crippen LogP contribution in [0.4, 0.5) is 18.9 Å². The van der Waals surface area contributed by atoms with Crippen molar-refractivity contribution in [3.05, 3.63) is 69.6 Å². The molecule has 0 saturated carbocycles. The Hall–Kier alpha value is -3.36. The van der Waals surface area contributed by atoms with E-state index in [1.165, 1.54) is 48.3 Å². The molecule has 3 N–H and O–H groups in total. The van der Waals surface area contributed by atoms with Crippen LogP contribution in [-0.4, -0.2) is 46.5 Å². The molecular formula is C25H25F3N6OS. The number of nitrogens with one attached hydrogen (secondary N) is 1. The topological polar surface area (TPSA) is 107 Å². The number of halogens is 3. The Morgan fingerprint density at radius 2 is 2.11 bits per heavy atom. The maximum Gasteiger partial charge on any atom is 0.274 e. The van der Waals surface area contributed by atoms with Crippen LogP contribution in [0.25, 0.3) is 0 Å². The molecule has 3 heterocycles. The quantitative estimate of drug-likeness (QED) is 0.603. The minimum absolute atomic E-state index is 0.107. The number of nitrogens with zero attached hydrogens (tertiary/aromatic N) is 4. The van der Waals surface area contributed by atoms with Crippen LogP contribution in [0.5, 0.6) is 0 Å². The van der Waals surface area contributed by atoms with E-state index in [9.17, 15) is 13.6 Å². The zero-order chi connectivity index (χ0) is 26.1. The first-order valence-corrected chi connectivity index (χ1v) is 12.1. The van der Waals surface area contributed by atoms with Gasteiger partial charge in [0.05, 0.1) is 17.6 Å². The Kier molecular flexibility index (Phi) is 7.11. The van der Waals surface area contributed by atoms with E-state index in [4.69, 9.17) is 11.0 Å². The van der Waals surface area contributed by atoms with Gasteiger partial charge in [-0.3, -0.25) is 14.7 Å². The molecule has 2 aromatic rings. The first-order valence-electron chi connectivity index (χ1n) is 11.3. The number of nitriles is 1. The van der Waals surface area contributed by atoms with Crippen LogP contribution < -0.4 is 11.1 Å². The van der Waals surface area contributed by atoms with Crippen LogP contribution in [0.1, 0.15) is 48.3 Å². The number of hydrogen-bond donors (Lipinski definition) is 2. The largest absolute Gasteiger partial charge is 0.378 e. The molecular weight excluding hydrogens is 489 g/mol. The number of carbonyl (C=O) groups excluding carboxylic acids is 1. The van der Waals surface area contributed by atoms with Crippen molar-refractivity contribution in [3.63, 3.8) is 0 Å². The first kappa shape index (κ1) is 25.7. The van der Waals surface area contributed by atoms with Crippen molar-refractivity contribution in [1.82, 2.24) is 9.88 Å². The van der Waals surface area contributed by atoms with E-state index in [-0.39, 0.29) is 29.4 Å². The predicted molar refractivity (Wildman–Crippen MR) is 133 cm³/mol.